The molecular weight excluding hydrogens is 1700 g/mol. The van der Waals surface area contributed by atoms with Crippen molar-refractivity contribution >= 4 is 137 Å². The summed E-state index contributed by atoms with van der Waals surface area (Å²) in [4.78, 5) is 15.5. The lowest BCUT2D eigenvalue weighted by atomic mass is 10.0. The van der Waals surface area contributed by atoms with Crippen LogP contribution in [0.3, 0.4) is 0 Å². The largest absolute Gasteiger partial charge is 0.309 e. The zero-order valence-corrected chi connectivity index (χ0v) is 76.1. The van der Waals surface area contributed by atoms with Crippen molar-refractivity contribution in [2.75, 3.05) is 0 Å². The molecule has 22 aromatic carbocycles. The Labute approximate surface area is 807 Å². The van der Waals surface area contributed by atoms with Crippen LogP contribution in [-0.2, 0) is 0 Å². The van der Waals surface area contributed by atoms with Gasteiger partial charge in [0, 0.05) is 110 Å². The highest BCUT2D eigenvalue weighted by Gasteiger charge is 2.27. The van der Waals surface area contributed by atoms with Crippen LogP contribution in [0.25, 0.3) is 254 Å². The van der Waals surface area contributed by atoms with E-state index in [0.29, 0.717) is 11.1 Å². The van der Waals surface area contributed by atoms with E-state index in [2.05, 4.69) is 513 Å². The van der Waals surface area contributed by atoms with Gasteiger partial charge in [0.25, 0.3) is 0 Å². The third-order valence-electron chi connectivity index (χ3n) is 29.2. The van der Waals surface area contributed by atoms with Crippen LogP contribution in [0.15, 0.2) is 510 Å². The maximum atomic E-state index is 15.5. The molecule has 28 aromatic rings. The smallest absolute Gasteiger partial charge is 0.193 e. The lowest BCUT2D eigenvalue weighted by Crippen LogP contribution is -2.03. The molecule has 0 saturated carbocycles. The van der Waals surface area contributed by atoms with E-state index < -0.39 is 0 Å². The fourth-order valence-corrected chi connectivity index (χ4v) is 22.5. The molecule has 28 rings (SSSR count). The van der Waals surface area contributed by atoms with E-state index in [9.17, 15) is 0 Å². The summed E-state index contributed by atoms with van der Waals surface area (Å²) in [5.74, 6) is -0.0667. The highest BCUT2D eigenvalue weighted by atomic mass is 16.1. The highest BCUT2D eigenvalue weighted by Crippen LogP contribution is 2.48. The Morgan fingerprint density at radius 1 is 0.114 bits per heavy atom. The Kier molecular flexibility index (Phi) is 18.4. The maximum absolute atomic E-state index is 15.5. The molecule has 652 valence electrons. The zero-order valence-electron chi connectivity index (χ0n) is 76.1. The molecule has 0 unspecified atom stereocenters. The molecule has 140 heavy (non-hydrogen) atoms. The second-order valence-electron chi connectivity index (χ2n) is 37.0. The van der Waals surface area contributed by atoms with Gasteiger partial charge >= 0.3 is 0 Å². The molecule has 7 nitrogen and oxygen atoms in total. The molecule has 0 aliphatic rings. The van der Waals surface area contributed by atoms with Crippen LogP contribution in [0.4, 0.5) is 0 Å². The van der Waals surface area contributed by atoms with Crippen molar-refractivity contribution in [1.29, 1.82) is 0 Å². The number of hydrogen-bond acceptors (Lipinski definition) is 1. The normalized spacial score (nSPS) is 11.9. The van der Waals surface area contributed by atoms with Crippen LogP contribution < -0.4 is 0 Å². The molecule has 0 spiro atoms. The van der Waals surface area contributed by atoms with Crippen molar-refractivity contribution in [3.8, 4) is 123 Å². The third-order valence-corrected chi connectivity index (χ3v) is 29.2. The molecule has 0 aliphatic carbocycles. The minimum atomic E-state index is -0.0667. The molecule has 6 heterocycles. The Balaban J connectivity index is 0.584. The molecule has 0 radical (unpaired) electrons. The number of ketones is 1. The number of carbonyl (C=O) groups is 1. The van der Waals surface area contributed by atoms with E-state index in [1.54, 1.807) is 0 Å². The number of aromatic nitrogens is 6. The first-order valence-corrected chi connectivity index (χ1v) is 48.0. The van der Waals surface area contributed by atoms with Crippen molar-refractivity contribution in [1.82, 2.24) is 27.4 Å². The second kappa shape index (κ2) is 32.3. The summed E-state index contributed by atoms with van der Waals surface area (Å²) in [5, 5.41) is 13.8. The van der Waals surface area contributed by atoms with E-state index in [1.165, 1.54) is 132 Å². The predicted molar refractivity (Wildman–Crippen MR) is 586 cm³/mol. The highest BCUT2D eigenvalue weighted by molar-refractivity contribution is 6.20. The SMILES string of the molecule is O=C(c1ccc(-n2c3ccc(-n4c5ccc(-c6ccccc6)cc5c5cc(-c6ccccc6)ccc54)cc3c3cc(-n4c5ccc(-c6ccccc6)cc5c5cc(-c6ccccc6)ccc54)ccc32)cc1)c1ccc(-n2c3ccc(-n4c5ccc(-c6ccccc6)cc5c5cc(-c6ccccc6)ccc54)cc3c3cc(-n4c5ccc(-c6ccccc6)cc5c5cc(-c6ccccc6)ccc54)ccc32)cc1. The van der Waals surface area contributed by atoms with Gasteiger partial charge in [-0.1, -0.05) is 291 Å². The summed E-state index contributed by atoms with van der Waals surface area (Å²) in [6.45, 7) is 0. The number of rotatable bonds is 16. The Hall–Kier alpha value is -18.7. The van der Waals surface area contributed by atoms with E-state index in [-0.39, 0.29) is 5.78 Å². The van der Waals surface area contributed by atoms with Crippen LogP contribution >= 0.6 is 0 Å². The molecule has 0 amide bonds. The van der Waals surface area contributed by atoms with Crippen LogP contribution in [0.2, 0.25) is 0 Å². The van der Waals surface area contributed by atoms with Crippen molar-refractivity contribution in [3.05, 3.63) is 521 Å². The van der Waals surface area contributed by atoms with Crippen molar-refractivity contribution in [2.45, 2.75) is 0 Å². The predicted octanol–water partition coefficient (Wildman–Crippen LogP) is 34.8. The van der Waals surface area contributed by atoms with Gasteiger partial charge in [-0.3, -0.25) is 4.79 Å². The molecule has 0 N–H and O–H groups in total. The average Bonchev–Trinajstić information content (AvgIpc) is 1.56. The van der Waals surface area contributed by atoms with E-state index in [1.807, 2.05) is 24.3 Å². The first-order chi connectivity index (χ1) is 69.3. The summed E-state index contributed by atoms with van der Waals surface area (Å²) in [6.07, 6.45) is 0. The van der Waals surface area contributed by atoms with Gasteiger partial charge in [-0.2, -0.15) is 0 Å². The third kappa shape index (κ3) is 13.1. The van der Waals surface area contributed by atoms with E-state index in [0.717, 1.165) is 122 Å². The summed E-state index contributed by atoms with van der Waals surface area (Å²) in [5.41, 5.74) is 39.1. The maximum Gasteiger partial charge on any atom is 0.193 e. The summed E-state index contributed by atoms with van der Waals surface area (Å²) in [6, 6.07) is 186. The van der Waals surface area contributed by atoms with E-state index >= 15 is 4.79 Å². The van der Waals surface area contributed by atoms with Gasteiger partial charge in [0.2, 0.25) is 0 Å². The number of carbonyl (C=O) groups excluding carboxylic acids is 1. The molecule has 0 aliphatic heterocycles. The quantitative estimate of drug-likeness (QED) is 0.0889. The molecule has 0 saturated heterocycles. The Morgan fingerprint density at radius 3 is 0.400 bits per heavy atom. The van der Waals surface area contributed by atoms with Gasteiger partial charge in [-0.25, -0.2) is 0 Å². The second-order valence-corrected chi connectivity index (χ2v) is 37.0. The Bertz CT molecular complexity index is 8410. The van der Waals surface area contributed by atoms with Crippen molar-refractivity contribution in [2.24, 2.45) is 0 Å². The fourth-order valence-electron chi connectivity index (χ4n) is 22.5. The lowest BCUT2D eigenvalue weighted by molar-refractivity contribution is 0.103. The van der Waals surface area contributed by atoms with Crippen LogP contribution in [-0.4, -0.2) is 33.2 Å². The van der Waals surface area contributed by atoms with Crippen LogP contribution in [0.1, 0.15) is 15.9 Å². The Morgan fingerprint density at radius 2 is 0.243 bits per heavy atom. The summed E-state index contributed by atoms with van der Waals surface area (Å²) in [7, 11) is 0. The monoisotopic (exact) mass is 1780 g/mol. The first-order valence-electron chi connectivity index (χ1n) is 48.0. The lowest BCUT2D eigenvalue weighted by Gasteiger charge is -2.12. The topological polar surface area (TPSA) is 46.6 Å². The fraction of sp³-hybridized carbons (Fsp3) is 0. The van der Waals surface area contributed by atoms with Gasteiger partial charge in [0.05, 0.1) is 66.2 Å². The van der Waals surface area contributed by atoms with Crippen LogP contribution in [0.5, 0.6) is 0 Å². The van der Waals surface area contributed by atoms with E-state index in [4.69, 9.17) is 0 Å². The van der Waals surface area contributed by atoms with Crippen molar-refractivity contribution in [3.63, 3.8) is 0 Å². The number of benzene rings is 22. The number of hydrogen-bond donors (Lipinski definition) is 0. The summed E-state index contributed by atoms with van der Waals surface area (Å²) < 4.78 is 14.6. The molecule has 7 heteroatoms. The minimum absolute atomic E-state index is 0.0667. The molecule has 0 atom stereocenters. The molecule has 6 aromatic heterocycles. The zero-order chi connectivity index (χ0) is 92.2. The molecule has 0 fully saturated rings. The van der Waals surface area contributed by atoms with Gasteiger partial charge in [-0.15, -0.1) is 0 Å². The van der Waals surface area contributed by atoms with Gasteiger partial charge < -0.3 is 27.4 Å². The van der Waals surface area contributed by atoms with Gasteiger partial charge in [-0.05, 0) is 307 Å². The standard InChI is InChI=1S/C133H84N6O/c140-133(93-41-53-103(54-42-93)134-129-69-57-105(136-121-61-45-95(85-25-9-1-10-26-85)73-109(121)110-74-96(46-62-122(110)136)86-27-11-2-12-28-86)81-117(129)118-82-106(58-70-130(118)134)137-123-63-47-97(87-29-13-3-14-30-87)75-111(123)112-76-98(48-64-124(112)137)88-31-15-4-16-32-88)94-43-55-104(56-44-94)135-131-71-59-107(138-125-65-49-99(89-33-17-5-18-34-89)77-113(125)114-78-100(50-66-126(114)138)90-35-19-6-20-36-90)83-119(131)120-84-108(60-72-132(120)135)139-127-67-51-101(91-37-21-7-22-38-91)79-115(127)116-80-102(52-68-128(116)139)92-39-23-8-24-40-92/h1-84H. The first kappa shape index (κ1) is 79.8. The van der Waals surface area contributed by atoms with Crippen molar-refractivity contribution < 1.29 is 4.79 Å². The van der Waals surface area contributed by atoms with Crippen LogP contribution in [0, 0.1) is 0 Å². The van der Waals surface area contributed by atoms with Gasteiger partial charge in [0.15, 0.2) is 5.78 Å². The number of fused-ring (bicyclic) bond motifs is 18. The number of nitrogens with zero attached hydrogens (tertiary/aromatic N) is 6. The summed E-state index contributed by atoms with van der Waals surface area (Å²) >= 11 is 0. The molecule has 0 bridgehead atoms. The minimum Gasteiger partial charge on any atom is -0.309 e. The molecular formula is C133H84N6O. The average molecular weight is 1780 g/mol. The van der Waals surface area contributed by atoms with Gasteiger partial charge in [0.1, 0.15) is 0 Å².